The van der Waals surface area contributed by atoms with Gasteiger partial charge in [-0.2, -0.15) is 15.0 Å². The molecule has 0 amide bonds. The highest BCUT2D eigenvalue weighted by Gasteiger charge is 2.08. The summed E-state index contributed by atoms with van der Waals surface area (Å²) in [6.07, 6.45) is 0.728. The van der Waals surface area contributed by atoms with E-state index >= 15 is 0 Å². The molecule has 15 heavy (non-hydrogen) atoms. The highest BCUT2D eigenvalue weighted by atomic mass is 19.2. The zero-order chi connectivity index (χ0) is 10.8. The van der Waals surface area contributed by atoms with E-state index in [4.69, 9.17) is 5.73 Å². The molecule has 0 saturated carbocycles. The lowest BCUT2D eigenvalue weighted by Crippen LogP contribution is -2.07. The molecule has 1 heterocycles. The van der Waals surface area contributed by atoms with E-state index < -0.39 is 11.6 Å². The second-order valence-electron chi connectivity index (χ2n) is 3.19. The molecule has 0 fully saturated rings. The van der Waals surface area contributed by atoms with Gasteiger partial charge in [-0.15, -0.1) is 0 Å². The van der Waals surface area contributed by atoms with Crippen LogP contribution < -0.4 is 5.73 Å². The van der Waals surface area contributed by atoms with Crippen molar-refractivity contribution in [2.75, 3.05) is 6.54 Å². The molecule has 4 nitrogen and oxygen atoms in total. The molecule has 0 radical (unpaired) electrons. The van der Waals surface area contributed by atoms with E-state index in [-0.39, 0.29) is 0 Å². The molecule has 0 atom stereocenters. The summed E-state index contributed by atoms with van der Waals surface area (Å²) < 4.78 is 25.7. The largest absolute Gasteiger partial charge is 0.330 e. The topological polar surface area (TPSA) is 56.7 Å². The van der Waals surface area contributed by atoms with Crippen molar-refractivity contribution in [1.82, 2.24) is 15.0 Å². The zero-order valence-corrected chi connectivity index (χ0v) is 7.95. The molecule has 80 valence electrons. The first-order chi connectivity index (χ1) is 7.20. The van der Waals surface area contributed by atoms with Crippen molar-refractivity contribution >= 4 is 11.0 Å². The van der Waals surface area contributed by atoms with Crippen molar-refractivity contribution < 1.29 is 8.78 Å². The van der Waals surface area contributed by atoms with E-state index in [1.54, 1.807) is 0 Å². The van der Waals surface area contributed by atoms with E-state index in [9.17, 15) is 8.78 Å². The standard InChI is InChI=1S/C9H10F2N4/c10-6-4-8-9(5-7(6)11)14-15(13-8)3-1-2-12/h4-5H,1-3,12H2. The summed E-state index contributed by atoms with van der Waals surface area (Å²) in [6.45, 7) is 1.08. The van der Waals surface area contributed by atoms with Crippen LogP contribution in [0.15, 0.2) is 12.1 Å². The lowest BCUT2D eigenvalue weighted by molar-refractivity contribution is 0.510. The summed E-state index contributed by atoms with van der Waals surface area (Å²) in [5.74, 6) is -1.82. The van der Waals surface area contributed by atoms with E-state index in [0.717, 1.165) is 18.6 Å². The Labute approximate surface area is 84.7 Å². The predicted molar refractivity (Wildman–Crippen MR) is 51.1 cm³/mol. The van der Waals surface area contributed by atoms with Crippen molar-refractivity contribution in [1.29, 1.82) is 0 Å². The van der Waals surface area contributed by atoms with Crippen molar-refractivity contribution in [3.63, 3.8) is 0 Å². The lowest BCUT2D eigenvalue weighted by Gasteiger charge is -1.94. The van der Waals surface area contributed by atoms with Crippen molar-refractivity contribution in [2.45, 2.75) is 13.0 Å². The van der Waals surface area contributed by atoms with Gasteiger partial charge in [-0.1, -0.05) is 0 Å². The van der Waals surface area contributed by atoms with Gasteiger partial charge in [0.05, 0.1) is 6.54 Å². The van der Waals surface area contributed by atoms with Crippen LogP contribution in [0, 0.1) is 11.6 Å². The molecule has 0 unspecified atom stereocenters. The van der Waals surface area contributed by atoms with Gasteiger partial charge >= 0.3 is 0 Å². The van der Waals surface area contributed by atoms with Crippen LogP contribution >= 0.6 is 0 Å². The van der Waals surface area contributed by atoms with Gasteiger partial charge in [-0.05, 0) is 13.0 Å². The van der Waals surface area contributed by atoms with Gasteiger partial charge in [0.25, 0.3) is 0 Å². The Bertz CT molecular complexity index is 441. The van der Waals surface area contributed by atoms with Crippen molar-refractivity contribution in [3.05, 3.63) is 23.8 Å². The van der Waals surface area contributed by atoms with E-state index in [0.29, 0.717) is 24.1 Å². The Kier molecular flexibility index (Phi) is 2.59. The summed E-state index contributed by atoms with van der Waals surface area (Å²) in [6, 6.07) is 2.08. The quantitative estimate of drug-likeness (QED) is 0.827. The van der Waals surface area contributed by atoms with Gasteiger partial charge in [0.2, 0.25) is 0 Å². The molecule has 0 aliphatic heterocycles. The molecule has 0 aliphatic carbocycles. The molecular formula is C9H10F2N4. The molecule has 0 bridgehead atoms. The smallest absolute Gasteiger partial charge is 0.161 e. The van der Waals surface area contributed by atoms with Crippen LogP contribution in [0.5, 0.6) is 0 Å². The van der Waals surface area contributed by atoms with E-state index in [1.165, 1.54) is 4.80 Å². The van der Waals surface area contributed by atoms with Crippen LogP contribution in [0.2, 0.25) is 0 Å². The van der Waals surface area contributed by atoms with Gasteiger partial charge in [0.15, 0.2) is 11.6 Å². The summed E-state index contributed by atoms with van der Waals surface area (Å²) in [4.78, 5) is 1.40. The maximum Gasteiger partial charge on any atom is 0.161 e. The maximum atomic E-state index is 12.8. The Morgan fingerprint density at radius 1 is 1.13 bits per heavy atom. The zero-order valence-electron chi connectivity index (χ0n) is 7.95. The number of hydrogen-bond acceptors (Lipinski definition) is 3. The normalized spacial score (nSPS) is 11.1. The lowest BCUT2D eigenvalue weighted by atomic mass is 10.3. The van der Waals surface area contributed by atoms with Gasteiger partial charge in [-0.3, -0.25) is 0 Å². The van der Waals surface area contributed by atoms with E-state index in [1.807, 2.05) is 0 Å². The molecule has 1 aromatic heterocycles. The van der Waals surface area contributed by atoms with Crippen LogP contribution in [0.4, 0.5) is 8.78 Å². The second-order valence-corrected chi connectivity index (χ2v) is 3.19. The first-order valence-corrected chi connectivity index (χ1v) is 4.60. The minimum atomic E-state index is -0.909. The van der Waals surface area contributed by atoms with Crippen LogP contribution in [0.1, 0.15) is 6.42 Å². The number of fused-ring (bicyclic) bond motifs is 1. The molecule has 2 aromatic rings. The Morgan fingerprint density at radius 3 is 2.13 bits per heavy atom. The highest BCUT2D eigenvalue weighted by Crippen LogP contribution is 2.14. The minimum absolute atomic E-state index is 0.353. The molecule has 2 N–H and O–H groups in total. The van der Waals surface area contributed by atoms with Crippen molar-refractivity contribution in [3.8, 4) is 0 Å². The predicted octanol–water partition coefficient (Wildman–Crippen LogP) is 1.06. The Balaban J connectivity index is 2.38. The van der Waals surface area contributed by atoms with Crippen LogP contribution in [0.3, 0.4) is 0 Å². The molecule has 0 aliphatic rings. The molecule has 2 rings (SSSR count). The fraction of sp³-hybridized carbons (Fsp3) is 0.333. The highest BCUT2D eigenvalue weighted by molar-refractivity contribution is 5.73. The average molecular weight is 212 g/mol. The van der Waals surface area contributed by atoms with Crippen molar-refractivity contribution in [2.24, 2.45) is 5.73 Å². The number of halogens is 2. The second kappa shape index (κ2) is 3.90. The van der Waals surface area contributed by atoms with Gasteiger partial charge < -0.3 is 5.73 Å². The average Bonchev–Trinajstić information content (AvgIpc) is 2.58. The summed E-state index contributed by atoms with van der Waals surface area (Å²) in [7, 11) is 0. The summed E-state index contributed by atoms with van der Waals surface area (Å²) in [5, 5.41) is 7.99. The molecular weight excluding hydrogens is 202 g/mol. The number of benzene rings is 1. The van der Waals surface area contributed by atoms with Gasteiger partial charge in [0, 0.05) is 12.1 Å². The molecule has 0 spiro atoms. The monoisotopic (exact) mass is 212 g/mol. The first-order valence-electron chi connectivity index (χ1n) is 4.60. The third-order valence-electron chi connectivity index (χ3n) is 2.03. The van der Waals surface area contributed by atoms with Crippen LogP contribution in [-0.2, 0) is 6.54 Å². The molecule has 6 heteroatoms. The minimum Gasteiger partial charge on any atom is -0.330 e. The third kappa shape index (κ3) is 1.94. The number of nitrogens with zero attached hydrogens (tertiary/aromatic N) is 3. The van der Waals surface area contributed by atoms with Crippen LogP contribution in [-0.4, -0.2) is 21.5 Å². The number of aromatic nitrogens is 3. The SMILES string of the molecule is NCCCn1nc2cc(F)c(F)cc2n1. The number of rotatable bonds is 3. The van der Waals surface area contributed by atoms with Crippen LogP contribution in [0.25, 0.3) is 11.0 Å². The van der Waals surface area contributed by atoms with E-state index in [2.05, 4.69) is 10.2 Å². The van der Waals surface area contributed by atoms with Gasteiger partial charge in [-0.25, -0.2) is 8.78 Å². The molecule has 0 saturated heterocycles. The number of nitrogens with two attached hydrogens (primary N) is 1. The first kappa shape index (κ1) is 9.97. The summed E-state index contributed by atoms with van der Waals surface area (Å²) in [5.41, 5.74) is 6.04. The Hall–Kier alpha value is -1.56. The molecule has 1 aromatic carbocycles. The number of hydrogen-bond donors (Lipinski definition) is 1. The third-order valence-corrected chi connectivity index (χ3v) is 2.03. The van der Waals surface area contributed by atoms with Gasteiger partial charge in [0.1, 0.15) is 11.0 Å². The fourth-order valence-corrected chi connectivity index (χ4v) is 1.29. The fourth-order valence-electron chi connectivity index (χ4n) is 1.29. The summed E-state index contributed by atoms with van der Waals surface area (Å²) >= 11 is 0. The Morgan fingerprint density at radius 2 is 1.67 bits per heavy atom. The maximum absolute atomic E-state index is 12.8. The number of aryl methyl sites for hydroxylation is 1.